The number of H-pyrrole nitrogens is 1. The van der Waals surface area contributed by atoms with E-state index in [1.54, 1.807) is 21.1 Å². The van der Waals surface area contributed by atoms with Crippen LogP contribution in [0, 0.1) is 18.3 Å². The van der Waals surface area contributed by atoms with Gasteiger partial charge in [0.2, 0.25) is 0 Å². The molecule has 0 aliphatic carbocycles. The second-order valence-electron chi connectivity index (χ2n) is 11.0. The lowest BCUT2D eigenvalue weighted by Crippen LogP contribution is -2.38. The molecule has 4 aromatic rings. The smallest absolute Gasteiger partial charge is 0.330 e. The standard InChI is InChI=1S/C34H36N3O8PS2/c1-23-21-37(33(39)36-32(23)38)31-20-29(45-46(47,48)43-19-7-18-35)30(44-31)22-42-34(24-8-5-4-6-9-24,25-10-14-27(40-2)15-11-25)26-12-16-28(41-3)17-13-26/h4-6,8-17,21,29-31H,7,19-20,22H2,1-3H3,(H,47,48)(H,36,38,39)/p-1/t29-,30+,31+/m0/s1. The Morgan fingerprint density at radius 1 is 1.00 bits per heavy atom. The number of aromatic nitrogens is 2. The van der Waals surface area contributed by atoms with E-state index in [9.17, 15) is 9.59 Å². The number of hydrogen-bond acceptors (Lipinski definition) is 11. The van der Waals surface area contributed by atoms with Crippen molar-refractivity contribution in [1.29, 1.82) is 5.26 Å². The first-order valence-electron chi connectivity index (χ1n) is 15.1. The van der Waals surface area contributed by atoms with Crippen LogP contribution in [0.3, 0.4) is 0 Å². The molecule has 1 saturated heterocycles. The molecule has 3 aromatic carbocycles. The molecule has 14 heteroatoms. The van der Waals surface area contributed by atoms with Crippen molar-refractivity contribution in [3.63, 3.8) is 0 Å². The number of ether oxygens (including phenoxy) is 4. The monoisotopic (exact) mass is 708 g/mol. The molecule has 4 atom stereocenters. The Hall–Kier alpha value is -3.73. The second kappa shape index (κ2) is 15.7. The Bertz CT molecular complexity index is 1850. The highest BCUT2D eigenvalue weighted by atomic mass is 32.9. The predicted molar refractivity (Wildman–Crippen MR) is 186 cm³/mol. The van der Waals surface area contributed by atoms with Gasteiger partial charge in [0.25, 0.3) is 5.56 Å². The lowest BCUT2D eigenvalue weighted by molar-refractivity contribution is -0.0915. The highest BCUT2D eigenvalue weighted by Gasteiger charge is 2.43. The molecule has 1 N–H and O–H groups in total. The molecule has 1 aromatic heterocycles. The minimum atomic E-state index is -3.26. The van der Waals surface area contributed by atoms with Gasteiger partial charge in [-0.25, -0.2) is 4.79 Å². The molecule has 252 valence electrons. The van der Waals surface area contributed by atoms with Crippen LogP contribution in [0.5, 0.6) is 11.5 Å². The van der Waals surface area contributed by atoms with Crippen molar-refractivity contribution >= 4 is 29.7 Å². The van der Waals surface area contributed by atoms with E-state index in [2.05, 4.69) is 4.98 Å². The lowest BCUT2D eigenvalue weighted by Gasteiger charge is -2.38. The fourth-order valence-corrected chi connectivity index (χ4v) is 7.65. The Kier molecular flexibility index (Phi) is 11.6. The van der Waals surface area contributed by atoms with Gasteiger partial charge in [-0.2, -0.15) is 5.26 Å². The van der Waals surface area contributed by atoms with Gasteiger partial charge in [0.15, 0.2) is 0 Å². The van der Waals surface area contributed by atoms with E-state index in [4.69, 9.17) is 57.3 Å². The van der Waals surface area contributed by atoms with E-state index >= 15 is 0 Å². The summed E-state index contributed by atoms with van der Waals surface area (Å²) in [6.07, 6.45) is -0.645. The number of benzene rings is 3. The highest BCUT2D eigenvalue weighted by Crippen LogP contribution is 2.51. The summed E-state index contributed by atoms with van der Waals surface area (Å²) in [6.45, 7) is 1.59. The molecule has 1 unspecified atom stereocenters. The van der Waals surface area contributed by atoms with Crippen LogP contribution in [0.4, 0.5) is 0 Å². The van der Waals surface area contributed by atoms with Gasteiger partial charge >= 0.3 is 5.69 Å². The van der Waals surface area contributed by atoms with Crippen molar-refractivity contribution in [3.8, 4) is 17.6 Å². The summed E-state index contributed by atoms with van der Waals surface area (Å²) >= 11 is 11.1. The molecular weight excluding hydrogens is 673 g/mol. The van der Waals surface area contributed by atoms with Gasteiger partial charge < -0.3 is 40.2 Å². The number of aromatic amines is 1. The van der Waals surface area contributed by atoms with E-state index in [1.807, 2.05) is 84.9 Å². The lowest BCUT2D eigenvalue weighted by atomic mass is 9.80. The van der Waals surface area contributed by atoms with Crippen LogP contribution < -0.4 is 20.7 Å². The van der Waals surface area contributed by atoms with E-state index in [-0.39, 0.29) is 26.1 Å². The van der Waals surface area contributed by atoms with Gasteiger partial charge in [-0.1, -0.05) is 66.4 Å². The molecule has 1 aliphatic rings. The molecule has 5 rings (SSSR count). The summed E-state index contributed by atoms with van der Waals surface area (Å²) < 4.78 is 37.6. The van der Waals surface area contributed by atoms with Crippen molar-refractivity contribution in [2.75, 3.05) is 27.4 Å². The first kappa shape index (κ1) is 35.6. The summed E-state index contributed by atoms with van der Waals surface area (Å²) in [7, 11) is 3.21. The van der Waals surface area contributed by atoms with E-state index in [1.165, 1.54) is 10.8 Å². The Morgan fingerprint density at radius 2 is 1.58 bits per heavy atom. The summed E-state index contributed by atoms with van der Waals surface area (Å²) in [4.78, 5) is 27.3. The van der Waals surface area contributed by atoms with Gasteiger partial charge in [0, 0.05) is 18.2 Å². The molecule has 0 spiro atoms. The maximum atomic E-state index is 12.9. The van der Waals surface area contributed by atoms with Gasteiger partial charge in [-0.05, 0) is 47.9 Å². The normalized spacial score (nSPS) is 18.9. The Labute approximate surface area is 288 Å². The van der Waals surface area contributed by atoms with Crippen molar-refractivity contribution in [3.05, 3.63) is 128 Å². The van der Waals surface area contributed by atoms with Crippen LogP contribution in [0.1, 0.15) is 41.3 Å². The number of aryl methyl sites for hydroxylation is 1. The minimum absolute atomic E-state index is 0.0279. The summed E-state index contributed by atoms with van der Waals surface area (Å²) in [5.74, 6) is 1.36. The third-order valence-corrected chi connectivity index (χ3v) is 10.2. The first-order valence-corrected chi connectivity index (χ1v) is 18.7. The molecule has 1 aliphatic heterocycles. The molecule has 1 fully saturated rings. The SMILES string of the molecule is COc1ccc(C(OC[C@H]2O[C@@H](n3cc(C)c(=O)[nH]c3=O)C[C@@H]2OP(=S)([S-])OCCC#N)(c2ccccc2)c2ccc(OC)cc2)cc1. The molecular formula is C34H35N3O8PS2-. The van der Waals surface area contributed by atoms with Crippen molar-refractivity contribution in [2.24, 2.45) is 0 Å². The van der Waals surface area contributed by atoms with Crippen LogP contribution in [-0.4, -0.2) is 49.2 Å². The maximum absolute atomic E-state index is 12.9. The zero-order chi connectivity index (χ0) is 34.3. The van der Waals surface area contributed by atoms with Crippen LogP contribution in [0.2, 0.25) is 0 Å². The number of rotatable bonds is 14. The average Bonchev–Trinajstić information content (AvgIpc) is 3.48. The average molecular weight is 709 g/mol. The van der Waals surface area contributed by atoms with Crippen molar-refractivity contribution in [1.82, 2.24) is 9.55 Å². The van der Waals surface area contributed by atoms with Crippen molar-refractivity contribution < 1.29 is 28.0 Å². The molecule has 0 radical (unpaired) electrons. The largest absolute Gasteiger partial charge is 0.691 e. The zero-order valence-corrected chi connectivity index (χ0v) is 29.1. The summed E-state index contributed by atoms with van der Waals surface area (Å²) in [6, 6.07) is 27.0. The van der Waals surface area contributed by atoms with Gasteiger partial charge in [-0.3, -0.25) is 14.3 Å². The topological polar surface area (TPSA) is 134 Å². The van der Waals surface area contributed by atoms with E-state index in [0.29, 0.717) is 17.1 Å². The molecule has 0 amide bonds. The molecule has 11 nitrogen and oxygen atoms in total. The number of nitrogens with zero attached hydrogens (tertiary/aromatic N) is 2. The quantitative estimate of drug-likeness (QED) is 0.0798. The zero-order valence-electron chi connectivity index (χ0n) is 26.6. The maximum Gasteiger partial charge on any atom is 0.330 e. The van der Waals surface area contributed by atoms with Crippen LogP contribution in [-0.2, 0) is 48.2 Å². The number of hydrogen-bond donors (Lipinski definition) is 1. The van der Waals surface area contributed by atoms with Gasteiger partial charge in [0.05, 0.1) is 51.7 Å². The predicted octanol–water partition coefficient (Wildman–Crippen LogP) is 5.25. The number of nitrogens with one attached hydrogen (secondary N) is 1. The van der Waals surface area contributed by atoms with Gasteiger partial charge in [0.1, 0.15) is 29.4 Å². The van der Waals surface area contributed by atoms with E-state index < -0.39 is 41.0 Å². The van der Waals surface area contributed by atoms with Crippen LogP contribution in [0.25, 0.3) is 0 Å². The van der Waals surface area contributed by atoms with E-state index in [0.717, 1.165) is 16.7 Å². The Balaban J connectivity index is 1.57. The van der Waals surface area contributed by atoms with Gasteiger partial charge in [-0.15, -0.1) is 0 Å². The van der Waals surface area contributed by atoms with Crippen LogP contribution >= 0.6 is 5.69 Å². The molecule has 0 saturated carbocycles. The third kappa shape index (κ3) is 7.93. The first-order chi connectivity index (χ1) is 23.1. The molecule has 48 heavy (non-hydrogen) atoms. The fourth-order valence-electron chi connectivity index (χ4n) is 5.61. The number of methoxy groups -OCH3 is 2. The minimum Gasteiger partial charge on any atom is -0.691 e. The highest BCUT2D eigenvalue weighted by molar-refractivity contribution is 8.51. The second-order valence-corrected chi connectivity index (χ2v) is 15.9. The number of nitriles is 1. The van der Waals surface area contributed by atoms with Crippen molar-refractivity contribution in [2.45, 2.75) is 43.8 Å². The molecule has 2 heterocycles. The summed E-state index contributed by atoms with van der Waals surface area (Å²) in [5, 5.41) is 8.97. The third-order valence-electron chi connectivity index (χ3n) is 8.00. The summed E-state index contributed by atoms with van der Waals surface area (Å²) in [5.41, 5.74) is -2.73. The molecule has 0 bridgehead atoms. The Morgan fingerprint density at radius 3 is 2.15 bits per heavy atom. The fraction of sp³-hybridized carbons (Fsp3) is 0.324. The van der Waals surface area contributed by atoms with Crippen LogP contribution in [0.15, 0.2) is 94.6 Å².